The third-order valence-corrected chi connectivity index (χ3v) is 5.23. The summed E-state index contributed by atoms with van der Waals surface area (Å²) >= 11 is 1.11. The van der Waals surface area contributed by atoms with Crippen molar-refractivity contribution in [2.24, 2.45) is 0 Å². The number of hydrogen-bond acceptors (Lipinski definition) is 7. The van der Waals surface area contributed by atoms with Gasteiger partial charge in [0.05, 0.1) is 42.7 Å². The summed E-state index contributed by atoms with van der Waals surface area (Å²) in [5.74, 6) is -0.454. The summed E-state index contributed by atoms with van der Waals surface area (Å²) in [5, 5.41) is 36.6. The van der Waals surface area contributed by atoms with Gasteiger partial charge in [-0.3, -0.25) is 4.68 Å². The number of nitriles is 1. The Bertz CT molecular complexity index is 1220. The van der Waals surface area contributed by atoms with Gasteiger partial charge < -0.3 is 10.2 Å². The first kappa shape index (κ1) is 19.1. The van der Waals surface area contributed by atoms with Crippen molar-refractivity contribution in [3.05, 3.63) is 60.6 Å². The van der Waals surface area contributed by atoms with Gasteiger partial charge in [0.15, 0.2) is 5.82 Å². The van der Waals surface area contributed by atoms with Crippen LogP contribution >= 0.6 is 11.8 Å². The molecule has 1 atom stereocenters. The molecule has 146 valence electrons. The molecule has 0 aliphatic rings. The first-order valence-electron chi connectivity index (χ1n) is 8.60. The summed E-state index contributed by atoms with van der Waals surface area (Å²) < 4.78 is 17.2. The Morgan fingerprint density at radius 3 is 2.86 bits per heavy atom. The number of aliphatic hydroxyl groups excluding tert-OH is 2. The van der Waals surface area contributed by atoms with E-state index in [9.17, 15) is 14.8 Å². The van der Waals surface area contributed by atoms with Gasteiger partial charge >= 0.3 is 0 Å². The van der Waals surface area contributed by atoms with Crippen molar-refractivity contribution < 1.29 is 14.6 Å². The molecule has 0 aliphatic carbocycles. The van der Waals surface area contributed by atoms with E-state index in [-0.39, 0.29) is 18.2 Å². The van der Waals surface area contributed by atoms with E-state index in [0.717, 1.165) is 22.9 Å². The Kier molecular flexibility index (Phi) is 5.26. The Labute approximate surface area is 168 Å². The maximum atomic E-state index is 14.1. The molecule has 0 aliphatic heterocycles. The zero-order chi connectivity index (χ0) is 20.4. The van der Waals surface area contributed by atoms with Crippen LogP contribution in [-0.4, -0.2) is 47.3 Å². The fraction of sp³-hybridized carbons (Fsp3) is 0.158. The second-order valence-electron chi connectivity index (χ2n) is 6.24. The van der Waals surface area contributed by atoms with Gasteiger partial charge in [-0.2, -0.15) is 15.5 Å². The summed E-state index contributed by atoms with van der Waals surface area (Å²) in [6.45, 7) is -0.207. The average molecular weight is 410 g/mol. The molecule has 4 rings (SSSR count). The van der Waals surface area contributed by atoms with E-state index in [4.69, 9.17) is 5.11 Å². The van der Waals surface area contributed by atoms with E-state index in [0.29, 0.717) is 16.0 Å². The first-order chi connectivity index (χ1) is 14.1. The number of nitrogens with zero attached hydrogens (tertiary/aromatic N) is 6. The van der Waals surface area contributed by atoms with Gasteiger partial charge in [0.1, 0.15) is 11.1 Å². The van der Waals surface area contributed by atoms with Gasteiger partial charge in [-0.25, -0.2) is 13.9 Å². The Balaban J connectivity index is 1.79. The van der Waals surface area contributed by atoms with Crippen LogP contribution in [0.15, 0.2) is 59.1 Å². The molecule has 0 amide bonds. The maximum Gasteiger partial charge on any atom is 0.155 e. The average Bonchev–Trinajstić information content (AvgIpc) is 3.36. The largest absolute Gasteiger partial charge is 0.394 e. The van der Waals surface area contributed by atoms with Crippen molar-refractivity contribution >= 4 is 17.3 Å². The first-order valence-corrected chi connectivity index (χ1v) is 9.42. The number of aromatic nitrogens is 5. The normalized spacial score (nSPS) is 12.2. The Hall–Kier alpha value is -3.26. The van der Waals surface area contributed by atoms with Gasteiger partial charge in [-0.15, -0.1) is 0 Å². The summed E-state index contributed by atoms with van der Waals surface area (Å²) in [6, 6.07) is 6.77. The van der Waals surface area contributed by atoms with Crippen LogP contribution < -0.4 is 0 Å². The minimum Gasteiger partial charge on any atom is -0.394 e. The van der Waals surface area contributed by atoms with E-state index in [1.165, 1.54) is 29.2 Å². The lowest BCUT2D eigenvalue weighted by atomic mass is 10.1. The Morgan fingerprint density at radius 1 is 1.24 bits per heavy atom. The highest BCUT2D eigenvalue weighted by Gasteiger charge is 2.16. The van der Waals surface area contributed by atoms with Crippen molar-refractivity contribution in [1.82, 2.24) is 24.4 Å². The van der Waals surface area contributed by atoms with Gasteiger partial charge in [0, 0.05) is 34.6 Å². The molecule has 0 bridgehead atoms. The molecule has 0 aromatic carbocycles. The molecule has 4 aromatic rings. The minimum absolute atomic E-state index is 0.153. The second-order valence-corrected chi connectivity index (χ2v) is 7.27. The number of pyridine rings is 2. The summed E-state index contributed by atoms with van der Waals surface area (Å²) in [6.07, 6.45) is 7.15. The summed E-state index contributed by atoms with van der Waals surface area (Å²) in [7, 11) is 0. The lowest BCUT2D eigenvalue weighted by molar-refractivity contribution is 0.0783. The van der Waals surface area contributed by atoms with Crippen LogP contribution in [0.5, 0.6) is 0 Å². The smallest absolute Gasteiger partial charge is 0.155 e. The molecule has 10 heteroatoms. The van der Waals surface area contributed by atoms with Gasteiger partial charge in [-0.05, 0) is 18.2 Å². The molecule has 8 nitrogen and oxygen atoms in total. The van der Waals surface area contributed by atoms with E-state index in [1.54, 1.807) is 23.1 Å². The molecular formula is C19H15FN6O2S. The standard InChI is InChI=1S/C19H15FN6O2S/c20-16-2-1-3-22-19(16)29-17-4-12(9-26-18(17)13(5-21)6-24-26)14-7-23-25(8-14)10-15(28)11-27/h1-4,6-9,15,27-28H,10-11H2. The zero-order valence-corrected chi connectivity index (χ0v) is 15.8. The predicted octanol–water partition coefficient (Wildman–Crippen LogP) is 2.11. The number of aliphatic hydroxyl groups is 2. The minimum atomic E-state index is -0.909. The van der Waals surface area contributed by atoms with Crippen molar-refractivity contribution in [2.75, 3.05) is 6.61 Å². The second kappa shape index (κ2) is 8.00. The molecule has 0 fully saturated rings. The van der Waals surface area contributed by atoms with E-state index in [2.05, 4.69) is 21.3 Å². The molecule has 0 saturated heterocycles. The van der Waals surface area contributed by atoms with Crippen molar-refractivity contribution in [3.8, 4) is 17.2 Å². The molecular weight excluding hydrogens is 395 g/mol. The SMILES string of the molecule is N#Cc1cnn2cc(-c3cnn(CC(O)CO)c3)cc(Sc3ncccc3F)c12. The fourth-order valence-corrected chi connectivity index (χ4v) is 3.81. The lowest BCUT2D eigenvalue weighted by Crippen LogP contribution is -2.19. The molecule has 2 N–H and O–H groups in total. The lowest BCUT2D eigenvalue weighted by Gasteiger charge is -2.08. The van der Waals surface area contributed by atoms with E-state index >= 15 is 0 Å². The quantitative estimate of drug-likeness (QED) is 0.501. The van der Waals surface area contributed by atoms with Crippen LogP contribution in [0.3, 0.4) is 0 Å². The van der Waals surface area contributed by atoms with Crippen LogP contribution in [0, 0.1) is 17.1 Å². The maximum absolute atomic E-state index is 14.1. The Morgan fingerprint density at radius 2 is 2.10 bits per heavy atom. The van der Waals surface area contributed by atoms with Crippen LogP contribution in [-0.2, 0) is 6.54 Å². The molecule has 29 heavy (non-hydrogen) atoms. The van der Waals surface area contributed by atoms with Crippen molar-refractivity contribution in [1.29, 1.82) is 5.26 Å². The predicted molar refractivity (Wildman–Crippen MR) is 103 cm³/mol. The highest BCUT2D eigenvalue weighted by atomic mass is 32.2. The molecule has 0 radical (unpaired) electrons. The molecule has 4 heterocycles. The number of hydrogen-bond donors (Lipinski definition) is 2. The number of fused-ring (bicyclic) bond motifs is 1. The molecule has 4 aromatic heterocycles. The van der Waals surface area contributed by atoms with Gasteiger partial charge in [0.2, 0.25) is 0 Å². The zero-order valence-electron chi connectivity index (χ0n) is 15.0. The van der Waals surface area contributed by atoms with Crippen LogP contribution in [0.25, 0.3) is 16.6 Å². The summed E-state index contributed by atoms with van der Waals surface area (Å²) in [5.41, 5.74) is 2.43. The van der Waals surface area contributed by atoms with Crippen molar-refractivity contribution in [2.45, 2.75) is 22.6 Å². The number of rotatable bonds is 6. The van der Waals surface area contributed by atoms with E-state index < -0.39 is 11.9 Å². The molecule has 0 saturated carbocycles. The van der Waals surface area contributed by atoms with Gasteiger partial charge in [-0.1, -0.05) is 11.8 Å². The van der Waals surface area contributed by atoms with Crippen LogP contribution in [0.1, 0.15) is 5.56 Å². The summed E-state index contributed by atoms with van der Waals surface area (Å²) in [4.78, 5) is 4.70. The topological polar surface area (TPSA) is 112 Å². The molecule has 1 unspecified atom stereocenters. The fourth-order valence-electron chi connectivity index (χ4n) is 2.84. The number of halogens is 1. The molecule has 0 spiro atoms. The van der Waals surface area contributed by atoms with Gasteiger partial charge in [0.25, 0.3) is 0 Å². The monoisotopic (exact) mass is 410 g/mol. The van der Waals surface area contributed by atoms with Crippen molar-refractivity contribution in [3.63, 3.8) is 0 Å². The highest BCUT2D eigenvalue weighted by molar-refractivity contribution is 7.99. The third kappa shape index (κ3) is 3.84. The van der Waals surface area contributed by atoms with Crippen LogP contribution in [0.4, 0.5) is 4.39 Å². The van der Waals surface area contributed by atoms with E-state index in [1.807, 2.05) is 6.07 Å². The highest BCUT2D eigenvalue weighted by Crippen LogP contribution is 2.35. The third-order valence-electron chi connectivity index (χ3n) is 4.20. The van der Waals surface area contributed by atoms with Crippen LogP contribution in [0.2, 0.25) is 0 Å².